The summed E-state index contributed by atoms with van der Waals surface area (Å²) >= 11 is 0. The van der Waals surface area contributed by atoms with Gasteiger partial charge in [0.15, 0.2) is 0 Å². The SMILES string of the molecule is Cn1cnc2cc(N(CCCC(=O)O)S(=O)(=O)c3cccc4cccnc34)ccc21. The fourth-order valence-corrected chi connectivity index (χ4v) is 5.11. The van der Waals surface area contributed by atoms with Crippen LogP contribution < -0.4 is 4.31 Å². The maximum atomic E-state index is 13.7. The van der Waals surface area contributed by atoms with Gasteiger partial charge >= 0.3 is 5.97 Å². The third-order valence-corrected chi connectivity index (χ3v) is 6.77. The van der Waals surface area contributed by atoms with Crippen molar-refractivity contribution >= 4 is 43.6 Å². The molecule has 9 heteroatoms. The molecule has 0 aliphatic heterocycles. The molecule has 2 heterocycles. The van der Waals surface area contributed by atoms with E-state index in [1.807, 2.05) is 11.6 Å². The van der Waals surface area contributed by atoms with Gasteiger partial charge in [0.1, 0.15) is 4.90 Å². The zero-order valence-corrected chi connectivity index (χ0v) is 17.1. The monoisotopic (exact) mass is 424 g/mol. The Kier molecular flexibility index (Phi) is 5.13. The first kappa shape index (κ1) is 19.8. The van der Waals surface area contributed by atoms with Crippen molar-refractivity contribution < 1.29 is 18.3 Å². The van der Waals surface area contributed by atoms with E-state index in [1.54, 1.807) is 55.0 Å². The molecule has 1 N–H and O–H groups in total. The van der Waals surface area contributed by atoms with Crippen molar-refractivity contribution in [3.8, 4) is 0 Å². The Hall–Kier alpha value is -3.46. The fraction of sp³-hybridized carbons (Fsp3) is 0.190. The Bertz CT molecular complexity index is 1340. The number of aryl methyl sites for hydroxylation is 1. The van der Waals surface area contributed by atoms with E-state index in [0.717, 1.165) is 5.52 Å². The molecule has 0 spiro atoms. The van der Waals surface area contributed by atoms with Crippen LogP contribution in [-0.4, -0.2) is 40.6 Å². The Morgan fingerprint density at radius 2 is 1.93 bits per heavy atom. The molecule has 0 fully saturated rings. The second kappa shape index (κ2) is 7.75. The highest BCUT2D eigenvalue weighted by atomic mass is 32.2. The number of carbonyl (C=O) groups is 1. The molecule has 0 unspecified atom stereocenters. The van der Waals surface area contributed by atoms with Crippen molar-refractivity contribution in [1.82, 2.24) is 14.5 Å². The molecule has 0 saturated heterocycles. The maximum Gasteiger partial charge on any atom is 0.303 e. The van der Waals surface area contributed by atoms with Gasteiger partial charge in [0, 0.05) is 31.6 Å². The molecule has 0 aliphatic carbocycles. The normalized spacial score (nSPS) is 11.8. The molecule has 0 saturated carbocycles. The van der Waals surface area contributed by atoms with Crippen molar-refractivity contribution in [2.24, 2.45) is 7.05 Å². The number of anilines is 1. The van der Waals surface area contributed by atoms with E-state index in [4.69, 9.17) is 5.11 Å². The van der Waals surface area contributed by atoms with Crippen molar-refractivity contribution in [2.75, 3.05) is 10.8 Å². The van der Waals surface area contributed by atoms with Gasteiger partial charge in [-0.05, 0) is 36.8 Å². The van der Waals surface area contributed by atoms with Crippen LogP contribution in [-0.2, 0) is 21.9 Å². The summed E-state index contributed by atoms with van der Waals surface area (Å²) in [5, 5.41) is 9.72. The van der Waals surface area contributed by atoms with Crippen molar-refractivity contribution in [3.63, 3.8) is 0 Å². The zero-order chi connectivity index (χ0) is 21.3. The van der Waals surface area contributed by atoms with Crippen molar-refractivity contribution in [3.05, 3.63) is 61.1 Å². The minimum absolute atomic E-state index is 0.0240. The molecule has 0 amide bonds. The zero-order valence-electron chi connectivity index (χ0n) is 16.3. The largest absolute Gasteiger partial charge is 0.481 e. The Morgan fingerprint density at radius 1 is 1.13 bits per heavy atom. The average Bonchev–Trinajstić information content (AvgIpc) is 3.10. The Labute approximate surface area is 173 Å². The van der Waals surface area contributed by atoms with E-state index in [-0.39, 0.29) is 24.3 Å². The molecule has 30 heavy (non-hydrogen) atoms. The van der Waals surface area contributed by atoms with Crippen molar-refractivity contribution in [2.45, 2.75) is 17.7 Å². The number of hydrogen-bond acceptors (Lipinski definition) is 5. The molecule has 8 nitrogen and oxygen atoms in total. The summed E-state index contributed by atoms with van der Waals surface area (Å²) in [6, 6.07) is 13.8. The molecule has 0 aliphatic rings. The van der Waals surface area contributed by atoms with Crippen LogP contribution in [0.5, 0.6) is 0 Å². The number of imidazole rings is 1. The van der Waals surface area contributed by atoms with Gasteiger partial charge in [-0.3, -0.25) is 14.1 Å². The number of aromatic nitrogens is 3. The fourth-order valence-electron chi connectivity index (χ4n) is 3.44. The van der Waals surface area contributed by atoms with Gasteiger partial charge in [0.2, 0.25) is 0 Å². The van der Waals surface area contributed by atoms with Gasteiger partial charge < -0.3 is 9.67 Å². The number of aliphatic carboxylic acids is 1. The number of sulfonamides is 1. The van der Waals surface area contributed by atoms with Crippen LogP contribution in [0.15, 0.2) is 66.0 Å². The van der Waals surface area contributed by atoms with Crippen LogP contribution in [0.2, 0.25) is 0 Å². The first-order chi connectivity index (χ1) is 14.4. The molecule has 2 aromatic carbocycles. The lowest BCUT2D eigenvalue weighted by Crippen LogP contribution is -2.32. The van der Waals surface area contributed by atoms with E-state index in [9.17, 15) is 13.2 Å². The third-order valence-electron chi connectivity index (χ3n) is 4.91. The summed E-state index contributed by atoms with van der Waals surface area (Å²) in [7, 11) is -2.14. The summed E-state index contributed by atoms with van der Waals surface area (Å²) in [4.78, 5) is 19.7. The number of hydrogen-bond donors (Lipinski definition) is 1. The van der Waals surface area contributed by atoms with Crippen LogP contribution in [0.3, 0.4) is 0 Å². The van der Waals surface area contributed by atoms with Crippen LogP contribution in [0, 0.1) is 0 Å². The van der Waals surface area contributed by atoms with E-state index in [2.05, 4.69) is 9.97 Å². The lowest BCUT2D eigenvalue weighted by atomic mass is 10.2. The van der Waals surface area contributed by atoms with Gasteiger partial charge in [-0.25, -0.2) is 13.4 Å². The third kappa shape index (κ3) is 3.59. The molecule has 4 aromatic rings. The molecular weight excluding hydrogens is 404 g/mol. The summed E-state index contributed by atoms with van der Waals surface area (Å²) < 4.78 is 30.4. The topological polar surface area (TPSA) is 105 Å². The first-order valence-corrected chi connectivity index (χ1v) is 10.8. The minimum Gasteiger partial charge on any atom is -0.481 e. The maximum absolute atomic E-state index is 13.7. The lowest BCUT2D eigenvalue weighted by molar-refractivity contribution is -0.137. The van der Waals surface area contributed by atoms with Crippen LogP contribution in [0.4, 0.5) is 5.69 Å². The molecule has 4 rings (SSSR count). The van der Waals surface area contributed by atoms with E-state index >= 15 is 0 Å². The number of carboxylic acid groups (broad SMARTS) is 1. The van der Waals surface area contributed by atoms with Gasteiger partial charge in [0.25, 0.3) is 10.0 Å². The number of rotatable bonds is 7. The first-order valence-electron chi connectivity index (χ1n) is 9.37. The molecular formula is C21H20N4O4S. The lowest BCUT2D eigenvalue weighted by Gasteiger charge is -2.25. The number of carboxylic acids is 1. The van der Waals surface area contributed by atoms with Crippen LogP contribution >= 0.6 is 0 Å². The summed E-state index contributed by atoms with van der Waals surface area (Å²) in [6.07, 6.45) is 3.25. The van der Waals surface area contributed by atoms with Gasteiger partial charge in [-0.15, -0.1) is 0 Å². The van der Waals surface area contributed by atoms with Crippen molar-refractivity contribution in [1.29, 1.82) is 0 Å². The highest BCUT2D eigenvalue weighted by molar-refractivity contribution is 7.93. The van der Waals surface area contributed by atoms with Gasteiger partial charge in [0.05, 0.1) is 28.6 Å². The standard InChI is InChI=1S/C21H20N4O4S/c1-24-14-23-17-13-16(9-10-18(17)24)25(12-4-8-20(26)27)30(28,29)19-7-2-5-15-6-3-11-22-21(15)19/h2-3,5-7,9-11,13-14H,4,8,12H2,1H3,(H,26,27). The van der Waals surface area contributed by atoms with E-state index < -0.39 is 16.0 Å². The average molecular weight is 424 g/mol. The van der Waals surface area contributed by atoms with Gasteiger partial charge in [-0.1, -0.05) is 18.2 Å². The predicted molar refractivity (Wildman–Crippen MR) is 114 cm³/mol. The molecule has 0 bridgehead atoms. The minimum atomic E-state index is -4.00. The second-order valence-corrected chi connectivity index (χ2v) is 8.76. The number of fused-ring (bicyclic) bond motifs is 2. The quantitative estimate of drug-likeness (QED) is 0.488. The summed E-state index contributed by atoms with van der Waals surface area (Å²) in [6.45, 7) is 0.0240. The van der Waals surface area contributed by atoms with Crippen LogP contribution in [0.25, 0.3) is 21.9 Å². The second-order valence-electron chi connectivity index (χ2n) is 6.93. The number of para-hydroxylation sites is 1. The highest BCUT2D eigenvalue weighted by Crippen LogP contribution is 2.30. The predicted octanol–water partition coefficient (Wildman–Crippen LogP) is 3.18. The summed E-state index contributed by atoms with van der Waals surface area (Å²) in [5.41, 5.74) is 2.33. The summed E-state index contributed by atoms with van der Waals surface area (Å²) in [5.74, 6) is -0.973. The number of benzene rings is 2. The Morgan fingerprint density at radius 3 is 2.73 bits per heavy atom. The molecule has 2 aromatic heterocycles. The smallest absolute Gasteiger partial charge is 0.303 e. The molecule has 0 atom stereocenters. The van der Waals surface area contributed by atoms with E-state index in [0.29, 0.717) is 22.1 Å². The van der Waals surface area contributed by atoms with E-state index in [1.165, 1.54) is 10.4 Å². The molecule has 154 valence electrons. The number of pyridine rings is 1. The van der Waals surface area contributed by atoms with Gasteiger partial charge in [-0.2, -0.15) is 0 Å². The molecule has 0 radical (unpaired) electrons. The highest BCUT2D eigenvalue weighted by Gasteiger charge is 2.27. The number of nitrogens with zero attached hydrogens (tertiary/aromatic N) is 4. The van der Waals surface area contributed by atoms with Crippen LogP contribution in [0.1, 0.15) is 12.8 Å². The Balaban J connectivity index is 1.83.